The van der Waals surface area contributed by atoms with E-state index in [1.165, 1.54) is 31.1 Å². The molecule has 7 aromatic carbocycles. The second-order valence-electron chi connectivity index (χ2n) is 13.2. The maximum absolute atomic E-state index is 9.74. The number of aryl methyl sites for hydroxylation is 1. The van der Waals surface area contributed by atoms with E-state index in [1.54, 1.807) is 11.3 Å². The molecular weight excluding hydrogens is 655 g/mol. The van der Waals surface area contributed by atoms with E-state index in [0.29, 0.717) is 16.8 Å². The van der Waals surface area contributed by atoms with Gasteiger partial charge in [0, 0.05) is 58.6 Å². The molecule has 10 rings (SSSR count). The maximum atomic E-state index is 9.74. The van der Waals surface area contributed by atoms with E-state index < -0.39 is 0 Å². The van der Waals surface area contributed by atoms with Gasteiger partial charge in [-0.15, -0.1) is 11.3 Å². The van der Waals surface area contributed by atoms with Gasteiger partial charge in [-0.05, 0) is 102 Å². The molecule has 0 aliphatic carbocycles. The monoisotopic (exact) mass is 679 g/mol. The molecule has 0 bridgehead atoms. The standard InChI is InChI=1S/C46H25N5S/c1-27-6-12-35-38-15-10-32(49-2)23-44(38)51(41(35)18-27)34-11-17-46-40(24-34)39-22-31(9-16-45(39)52-46)30-4-3-5-33(21-30)50-42-19-28(25-47)7-13-36(42)37-14-8-29(26-48)20-43(37)50/h3-24H,1H3. The summed E-state index contributed by atoms with van der Waals surface area (Å²) in [5, 5.41) is 26.2. The number of benzene rings is 7. The Bertz CT molecular complexity index is 3230. The number of hydrogen-bond acceptors (Lipinski definition) is 3. The van der Waals surface area contributed by atoms with Crippen molar-refractivity contribution in [1.82, 2.24) is 9.13 Å². The van der Waals surface area contributed by atoms with E-state index in [4.69, 9.17) is 6.57 Å². The van der Waals surface area contributed by atoms with Crippen LogP contribution in [-0.2, 0) is 0 Å². The second kappa shape index (κ2) is 11.2. The van der Waals surface area contributed by atoms with Crippen LogP contribution in [0, 0.1) is 36.2 Å². The minimum atomic E-state index is 0.588. The predicted octanol–water partition coefficient (Wildman–Crippen LogP) is 12.5. The fourth-order valence-corrected chi connectivity index (χ4v) is 8.88. The van der Waals surface area contributed by atoms with Gasteiger partial charge in [0.2, 0.25) is 0 Å². The Morgan fingerprint density at radius 2 is 1.08 bits per heavy atom. The molecule has 52 heavy (non-hydrogen) atoms. The first-order valence-corrected chi connectivity index (χ1v) is 17.7. The zero-order chi connectivity index (χ0) is 35.1. The summed E-state index contributed by atoms with van der Waals surface area (Å²) < 4.78 is 6.89. The molecule has 3 aromatic heterocycles. The van der Waals surface area contributed by atoms with Gasteiger partial charge in [-0.3, -0.25) is 0 Å². The van der Waals surface area contributed by atoms with Crippen LogP contribution in [0.15, 0.2) is 133 Å². The topological polar surface area (TPSA) is 61.8 Å². The van der Waals surface area contributed by atoms with Crippen molar-refractivity contribution in [1.29, 1.82) is 10.5 Å². The Morgan fingerprint density at radius 1 is 0.519 bits per heavy atom. The van der Waals surface area contributed by atoms with Gasteiger partial charge in [0.25, 0.3) is 0 Å². The third-order valence-corrected chi connectivity index (χ3v) is 11.4. The molecule has 0 fully saturated rings. The van der Waals surface area contributed by atoms with Crippen molar-refractivity contribution in [2.75, 3.05) is 0 Å². The molecule has 0 aliphatic heterocycles. The van der Waals surface area contributed by atoms with Gasteiger partial charge in [0.15, 0.2) is 5.69 Å². The lowest BCUT2D eigenvalue weighted by molar-refractivity contribution is 1.18. The van der Waals surface area contributed by atoms with Gasteiger partial charge in [0.05, 0.1) is 46.4 Å². The van der Waals surface area contributed by atoms with E-state index in [-0.39, 0.29) is 0 Å². The SMILES string of the molecule is [C-]#[N+]c1ccc2c3ccc(C)cc3n(-c3ccc4sc5ccc(-c6cccc(-n7c8cc(C#N)ccc8c8ccc(C#N)cc87)c6)cc5c4c3)c2c1. The lowest BCUT2D eigenvalue weighted by Crippen LogP contribution is -1.95. The van der Waals surface area contributed by atoms with Crippen molar-refractivity contribution in [3.63, 3.8) is 0 Å². The van der Waals surface area contributed by atoms with Crippen molar-refractivity contribution in [3.8, 4) is 34.6 Å². The Balaban J connectivity index is 1.15. The Hall–Kier alpha value is -7.17. The molecular formula is C46H25N5S. The third-order valence-electron chi connectivity index (χ3n) is 10.2. The van der Waals surface area contributed by atoms with Crippen LogP contribution < -0.4 is 0 Å². The first-order chi connectivity index (χ1) is 25.5. The van der Waals surface area contributed by atoms with E-state index in [2.05, 4.69) is 118 Å². The number of fused-ring (bicyclic) bond motifs is 9. The van der Waals surface area contributed by atoms with Gasteiger partial charge in [0.1, 0.15) is 0 Å². The quantitative estimate of drug-likeness (QED) is 0.175. The van der Waals surface area contributed by atoms with Crippen LogP contribution in [0.1, 0.15) is 16.7 Å². The normalized spacial score (nSPS) is 11.5. The maximum Gasteiger partial charge on any atom is 0.189 e. The molecule has 5 nitrogen and oxygen atoms in total. The van der Waals surface area contributed by atoms with Gasteiger partial charge in [-0.1, -0.05) is 54.6 Å². The Morgan fingerprint density at radius 3 is 1.75 bits per heavy atom. The van der Waals surface area contributed by atoms with Gasteiger partial charge in [-0.25, -0.2) is 4.85 Å². The molecule has 6 heteroatoms. The Labute approximate surface area is 302 Å². The number of aromatic nitrogens is 2. The van der Waals surface area contributed by atoms with E-state index in [1.807, 2.05) is 48.5 Å². The van der Waals surface area contributed by atoms with Crippen LogP contribution in [-0.4, -0.2) is 9.13 Å². The van der Waals surface area contributed by atoms with Crippen molar-refractivity contribution >= 4 is 80.8 Å². The lowest BCUT2D eigenvalue weighted by atomic mass is 10.0. The number of nitriles is 2. The summed E-state index contributed by atoms with van der Waals surface area (Å²) in [7, 11) is 0. The third kappa shape index (κ3) is 4.38. The van der Waals surface area contributed by atoms with Crippen molar-refractivity contribution in [2.45, 2.75) is 6.92 Å². The average molecular weight is 680 g/mol. The highest BCUT2D eigenvalue weighted by atomic mass is 32.1. The summed E-state index contributed by atoms with van der Waals surface area (Å²) in [5.41, 5.74) is 11.2. The fourth-order valence-electron chi connectivity index (χ4n) is 7.81. The van der Waals surface area contributed by atoms with Gasteiger partial charge in [-0.2, -0.15) is 10.5 Å². The molecule has 0 saturated carbocycles. The van der Waals surface area contributed by atoms with Crippen molar-refractivity contribution in [3.05, 3.63) is 162 Å². The molecule has 0 saturated heterocycles. The van der Waals surface area contributed by atoms with E-state index in [9.17, 15) is 10.5 Å². The van der Waals surface area contributed by atoms with Crippen LogP contribution in [0.2, 0.25) is 0 Å². The smallest absolute Gasteiger partial charge is 0.189 e. The molecule has 0 spiro atoms. The molecule has 0 amide bonds. The van der Waals surface area contributed by atoms with Gasteiger partial charge >= 0.3 is 0 Å². The number of hydrogen-bond donors (Lipinski definition) is 0. The van der Waals surface area contributed by atoms with Crippen LogP contribution in [0.4, 0.5) is 5.69 Å². The van der Waals surface area contributed by atoms with E-state index >= 15 is 0 Å². The minimum Gasteiger partial charge on any atom is -0.310 e. The summed E-state index contributed by atoms with van der Waals surface area (Å²) in [6, 6.07) is 50.5. The molecule has 240 valence electrons. The first-order valence-electron chi connectivity index (χ1n) is 16.9. The summed E-state index contributed by atoms with van der Waals surface area (Å²) in [6.45, 7) is 9.80. The van der Waals surface area contributed by atoms with Gasteiger partial charge < -0.3 is 9.13 Å². The van der Waals surface area contributed by atoms with Crippen LogP contribution in [0.5, 0.6) is 0 Å². The van der Waals surface area contributed by atoms with Crippen LogP contribution in [0.3, 0.4) is 0 Å². The highest BCUT2D eigenvalue weighted by Gasteiger charge is 2.17. The number of rotatable bonds is 3. The van der Waals surface area contributed by atoms with Crippen LogP contribution >= 0.6 is 11.3 Å². The lowest BCUT2D eigenvalue weighted by Gasteiger charge is -2.11. The average Bonchev–Trinajstić information content (AvgIpc) is 3.83. The molecule has 10 aromatic rings. The molecule has 0 N–H and O–H groups in total. The second-order valence-corrected chi connectivity index (χ2v) is 14.3. The zero-order valence-corrected chi connectivity index (χ0v) is 28.7. The summed E-state index contributed by atoms with van der Waals surface area (Å²) >= 11 is 1.79. The van der Waals surface area contributed by atoms with Crippen molar-refractivity contribution in [2.24, 2.45) is 0 Å². The summed E-state index contributed by atoms with van der Waals surface area (Å²) in [4.78, 5) is 3.74. The molecule has 0 atom stereocenters. The summed E-state index contributed by atoms with van der Waals surface area (Å²) in [5.74, 6) is 0. The zero-order valence-electron chi connectivity index (χ0n) is 27.8. The first kappa shape index (κ1) is 29.7. The van der Waals surface area contributed by atoms with Crippen molar-refractivity contribution < 1.29 is 0 Å². The Kier molecular flexibility index (Phi) is 6.39. The van der Waals surface area contributed by atoms with E-state index in [0.717, 1.165) is 60.7 Å². The molecule has 0 aliphatic rings. The fraction of sp³-hybridized carbons (Fsp3) is 0.0217. The number of thiophene rings is 1. The van der Waals surface area contributed by atoms with Crippen LogP contribution in [0.25, 0.3) is 91.1 Å². The predicted molar refractivity (Wildman–Crippen MR) is 214 cm³/mol. The summed E-state index contributed by atoms with van der Waals surface area (Å²) in [6.07, 6.45) is 0. The molecule has 0 radical (unpaired) electrons. The largest absolute Gasteiger partial charge is 0.310 e. The number of nitrogens with zero attached hydrogens (tertiary/aromatic N) is 5. The minimum absolute atomic E-state index is 0.588. The highest BCUT2D eigenvalue weighted by Crippen LogP contribution is 2.41. The molecule has 0 unspecified atom stereocenters. The highest BCUT2D eigenvalue weighted by molar-refractivity contribution is 7.25. The molecule has 3 heterocycles.